The van der Waals surface area contributed by atoms with E-state index < -0.39 is 0 Å². The van der Waals surface area contributed by atoms with Crippen LogP contribution >= 0.6 is 12.4 Å². The second-order valence-electron chi connectivity index (χ2n) is 6.68. The number of nitrogens with two attached hydrogens (primary N) is 1. The highest BCUT2D eigenvalue weighted by Gasteiger charge is 2.30. The summed E-state index contributed by atoms with van der Waals surface area (Å²) in [7, 11) is 1.76. The van der Waals surface area contributed by atoms with Crippen LogP contribution in [0.3, 0.4) is 0 Å². The van der Waals surface area contributed by atoms with Gasteiger partial charge in [0.25, 0.3) is 0 Å². The van der Waals surface area contributed by atoms with Crippen LogP contribution in [-0.2, 0) is 9.53 Å². The zero-order valence-electron chi connectivity index (χ0n) is 13.9. The van der Waals surface area contributed by atoms with Gasteiger partial charge in [0, 0.05) is 32.3 Å². The molecule has 2 rings (SSSR count). The smallest absolute Gasteiger partial charge is 0.234 e. The standard InChI is InChI=1S/C16H31N3O2.ClH/c1-12-5-3-4-6-15(12)18-16(20)11-19-8-7-14(21-2)9-13(19)10-17;/h12-15H,3-11,17H2,1-2H3,(H,18,20);1H. The SMILES string of the molecule is COC1CCN(CC(=O)NC2CCCCC2C)C(CN)C1.Cl. The van der Waals surface area contributed by atoms with Crippen molar-refractivity contribution >= 4 is 18.3 Å². The van der Waals surface area contributed by atoms with Gasteiger partial charge in [0.15, 0.2) is 0 Å². The van der Waals surface area contributed by atoms with Crippen molar-refractivity contribution < 1.29 is 9.53 Å². The monoisotopic (exact) mass is 333 g/mol. The number of rotatable bonds is 5. The highest BCUT2D eigenvalue weighted by Crippen LogP contribution is 2.24. The molecule has 1 aliphatic carbocycles. The fourth-order valence-electron chi connectivity index (χ4n) is 3.70. The molecular weight excluding hydrogens is 302 g/mol. The van der Waals surface area contributed by atoms with Crippen molar-refractivity contribution in [2.45, 2.75) is 63.6 Å². The maximum atomic E-state index is 12.3. The van der Waals surface area contributed by atoms with Gasteiger partial charge in [-0.25, -0.2) is 0 Å². The van der Waals surface area contributed by atoms with Crippen LogP contribution in [0.1, 0.15) is 45.4 Å². The van der Waals surface area contributed by atoms with E-state index in [0.29, 0.717) is 25.0 Å². The van der Waals surface area contributed by atoms with Gasteiger partial charge in [-0.15, -0.1) is 12.4 Å². The Balaban J connectivity index is 0.00000242. The first-order valence-electron chi connectivity index (χ1n) is 8.40. The Kier molecular flexibility index (Phi) is 8.69. The van der Waals surface area contributed by atoms with Gasteiger partial charge in [-0.05, 0) is 31.6 Å². The fourth-order valence-corrected chi connectivity index (χ4v) is 3.70. The van der Waals surface area contributed by atoms with Gasteiger partial charge in [0.1, 0.15) is 0 Å². The highest BCUT2D eigenvalue weighted by molar-refractivity contribution is 5.85. The van der Waals surface area contributed by atoms with Crippen LogP contribution in [0.25, 0.3) is 0 Å². The number of nitrogens with zero attached hydrogens (tertiary/aromatic N) is 1. The number of nitrogens with one attached hydrogen (secondary N) is 1. The molecule has 6 heteroatoms. The maximum absolute atomic E-state index is 12.3. The Morgan fingerprint density at radius 2 is 2.05 bits per heavy atom. The minimum absolute atomic E-state index is 0. The van der Waals surface area contributed by atoms with Crippen LogP contribution in [-0.4, -0.2) is 55.7 Å². The third-order valence-electron chi connectivity index (χ3n) is 5.20. The summed E-state index contributed by atoms with van der Waals surface area (Å²) in [6, 6.07) is 0.623. The van der Waals surface area contributed by atoms with Gasteiger partial charge in [-0.1, -0.05) is 19.8 Å². The van der Waals surface area contributed by atoms with Gasteiger partial charge in [0.2, 0.25) is 5.91 Å². The molecule has 1 saturated carbocycles. The summed E-state index contributed by atoms with van der Waals surface area (Å²) in [5, 5.41) is 3.23. The van der Waals surface area contributed by atoms with E-state index in [2.05, 4.69) is 17.1 Å². The van der Waals surface area contributed by atoms with Crippen LogP contribution in [0, 0.1) is 5.92 Å². The maximum Gasteiger partial charge on any atom is 0.234 e. The van der Waals surface area contributed by atoms with Gasteiger partial charge in [0.05, 0.1) is 12.6 Å². The van der Waals surface area contributed by atoms with Crippen molar-refractivity contribution in [3.05, 3.63) is 0 Å². The first kappa shape index (κ1) is 19.7. The Morgan fingerprint density at radius 3 is 2.68 bits per heavy atom. The molecule has 0 radical (unpaired) electrons. The van der Waals surface area contributed by atoms with E-state index in [4.69, 9.17) is 10.5 Å². The molecule has 0 bridgehead atoms. The van der Waals surface area contributed by atoms with Gasteiger partial charge in [-0.2, -0.15) is 0 Å². The molecule has 3 N–H and O–H groups in total. The molecule has 0 aromatic heterocycles. The summed E-state index contributed by atoms with van der Waals surface area (Å²) < 4.78 is 5.43. The Hall–Kier alpha value is -0.360. The van der Waals surface area contributed by atoms with E-state index in [1.165, 1.54) is 19.3 Å². The number of ether oxygens (including phenoxy) is 1. The minimum Gasteiger partial charge on any atom is -0.381 e. The van der Waals surface area contributed by atoms with Crippen LogP contribution in [0.2, 0.25) is 0 Å². The summed E-state index contributed by atoms with van der Waals surface area (Å²) >= 11 is 0. The van der Waals surface area contributed by atoms with Gasteiger partial charge < -0.3 is 15.8 Å². The quantitative estimate of drug-likeness (QED) is 0.801. The number of halogens is 1. The Labute approximate surface area is 140 Å². The first-order chi connectivity index (χ1) is 10.1. The second-order valence-corrected chi connectivity index (χ2v) is 6.68. The molecule has 22 heavy (non-hydrogen) atoms. The molecule has 4 unspecified atom stereocenters. The summed E-state index contributed by atoms with van der Waals surface area (Å²) in [5.74, 6) is 0.760. The van der Waals surface area contributed by atoms with E-state index in [0.717, 1.165) is 25.8 Å². The van der Waals surface area contributed by atoms with Crippen molar-refractivity contribution in [1.29, 1.82) is 0 Å². The zero-order chi connectivity index (χ0) is 15.2. The number of piperidine rings is 1. The Morgan fingerprint density at radius 1 is 1.32 bits per heavy atom. The molecule has 1 aliphatic heterocycles. The number of hydrogen-bond acceptors (Lipinski definition) is 4. The van der Waals surface area contributed by atoms with Crippen molar-refractivity contribution in [2.24, 2.45) is 11.7 Å². The fraction of sp³-hybridized carbons (Fsp3) is 0.938. The number of carbonyl (C=O) groups is 1. The lowest BCUT2D eigenvalue weighted by atomic mass is 9.86. The lowest BCUT2D eigenvalue weighted by Crippen LogP contribution is -2.53. The predicted octanol–water partition coefficient (Wildman–Crippen LogP) is 1.54. The summed E-state index contributed by atoms with van der Waals surface area (Å²) in [5.41, 5.74) is 5.86. The largest absolute Gasteiger partial charge is 0.381 e. The van der Waals surface area contributed by atoms with Crippen LogP contribution in [0.5, 0.6) is 0 Å². The number of hydrogen-bond donors (Lipinski definition) is 2. The number of carbonyl (C=O) groups excluding carboxylic acids is 1. The van der Waals surface area contributed by atoms with Crippen LogP contribution in [0.15, 0.2) is 0 Å². The topological polar surface area (TPSA) is 67.6 Å². The molecule has 2 fully saturated rings. The molecular formula is C16H32ClN3O2. The van der Waals surface area contributed by atoms with Gasteiger partial charge >= 0.3 is 0 Å². The van der Waals surface area contributed by atoms with E-state index in [9.17, 15) is 4.79 Å². The lowest BCUT2D eigenvalue weighted by Gasteiger charge is -2.38. The van der Waals surface area contributed by atoms with Crippen molar-refractivity contribution in [3.63, 3.8) is 0 Å². The molecule has 2 aliphatic rings. The van der Waals surface area contributed by atoms with Crippen molar-refractivity contribution in [1.82, 2.24) is 10.2 Å². The van der Waals surface area contributed by atoms with E-state index in [1.807, 2.05) is 0 Å². The third kappa shape index (κ3) is 5.37. The molecule has 0 aromatic rings. The predicted molar refractivity (Wildman–Crippen MR) is 91.3 cm³/mol. The Bertz CT molecular complexity index is 343. The number of methoxy groups -OCH3 is 1. The second kappa shape index (κ2) is 9.71. The first-order valence-corrected chi connectivity index (χ1v) is 8.40. The lowest BCUT2D eigenvalue weighted by molar-refractivity contribution is -0.125. The van der Waals surface area contributed by atoms with Crippen molar-refractivity contribution in [2.75, 3.05) is 26.7 Å². The molecule has 130 valence electrons. The van der Waals surface area contributed by atoms with E-state index in [-0.39, 0.29) is 30.5 Å². The molecule has 1 heterocycles. The van der Waals surface area contributed by atoms with E-state index in [1.54, 1.807) is 7.11 Å². The number of amides is 1. The van der Waals surface area contributed by atoms with Crippen LogP contribution < -0.4 is 11.1 Å². The molecule has 0 spiro atoms. The average molecular weight is 334 g/mol. The highest BCUT2D eigenvalue weighted by atomic mass is 35.5. The van der Waals surface area contributed by atoms with E-state index >= 15 is 0 Å². The zero-order valence-corrected chi connectivity index (χ0v) is 14.7. The normalized spacial score (nSPS) is 33.0. The summed E-state index contributed by atoms with van der Waals surface area (Å²) in [4.78, 5) is 14.5. The molecule has 1 saturated heterocycles. The van der Waals surface area contributed by atoms with Crippen LogP contribution in [0.4, 0.5) is 0 Å². The molecule has 5 nitrogen and oxygen atoms in total. The minimum atomic E-state index is 0. The molecule has 0 aromatic carbocycles. The average Bonchev–Trinajstić information content (AvgIpc) is 2.50. The third-order valence-corrected chi connectivity index (χ3v) is 5.20. The molecule has 1 amide bonds. The summed E-state index contributed by atoms with van der Waals surface area (Å²) in [6.45, 7) is 4.21. The molecule has 4 atom stereocenters. The van der Waals surface area contributed by atoms with Crippen molar-refractivity contribution in [3.8, 4) is 0 Å². The number of likely N-dealkylation sites (tertiary alicyclic amines) is 1. The summed E-state index contributed by atoms with van der Waals surface area (Å²) in [6.07, 6.45) is 7.10. The van der Waals surface area contributed by atoms with Gasteiger partial charge in [-0.3, -0.25) is 9.69 Å².